The number of carbonyl (C=O) groups is 2. The van der Waals surface area contributed by atoms with Gasteiger partial charge in [0.1, 0.15) is 5.54 Å². The summed E-state index contributed by atoms with van der Waals surface area (Å²) < 4.78 is 0. The molecule has 1 atom stereocenters. The second-order valence-corrected chi connectivity index (χ2v) is 5.76. The summed E-state index contributed by atoms with van der Waals surface area (Å²) in [4.78, 5) is 24.8. The second kappa shape index (κ2) is 5.08. The Kier molecular flexibility index (Phi) is 4.24. The van der Waals surface area contributed by atoms with E-state index in [-0.39, 0.29) is 11.2 Å². The van der Waals surface area contributed by atoms with Gasteiger partial charge in [-0.2, -0.15) is 0 Å². The molecule has 0 saturated carbocycles. The Hall–Kier alpha value is -0.710. The second-order valence-electron chi connectivity index (χ2n) is 4.45. The van der Waals surface area contributed by atoms with Crippen molar-refractivity contribution in [2.45, 2.75) is 44.4 Å². The lowest BCUT2D eigenvalue weighted by atomic mass is 10.0. The number of carboxylic acids is 1. The van der Waals surface area contributed by atoms with Crippen LogP contribution in [0.25, 0.3) is 0 Å². The van der Waals surface area contributed by atoms with Gasteiger partial charge in [-0.15, -0.1) is 11.8 Å². The van der Waals surface area contributed by atoms with Crippen LogP contribution >= 0.6 is 11.8 Å². The first-order chi connectivity index (χ1) is 7.41. The molecule has 1 heterocycles. The van der Waals surface area contributed by atoms with E-state index in [2.05, 4.69) is 0 Å². The Bertz CT molecular complexity index is 285. The van der Waals surface area contributed by atoms with Gasteiger partial charge in [-0.1, -0.05) is 0 Å². The van der Waals surface area contributed by atoms with Crippen molar-refractivity contribution in [3.8, 4) is 0 Å². The number of carbonyl (C=O) groups excluding carboxylic acids is 1. The average Bonchev–Trinajstić information content (AvgIpc) is 2.70. The molecule has 1 fully saturated rings. The molecule has 16 heavy (non-hydrogen) atoms. The van der Waals surface area contributed by atoms with E-state index in [9.17, 15) is 9.59 Å². The number of nitrogens with zero attached hydrogens (tertiary/aromatic N) is 1. The van der Waals surface area contributed by atoms with E-state index >= 15 is 0 Å². The highest BCUT2D eigenvalue weighted by molar-refractivity contribution is 8.00. The minimum absolute atomic E-state index is 0.0302. The number of thioether (sulfide) groups is 1. The number of hydrogen-bond acceptors (Lipinski definition) is 3. The number of hydrogen-bond donors (Lipinski definition) is 1. The monoisotopic (exact) mass is 245 g/mol. The van der Waals surface area contributed by atoms with Crippen LogP contribution in [0.5, 0.6) is 0 Å². The summed E-state index contributed by atoms with van der Waals surface area (Å²) in [5, 5.41) is 9.09. The zero-order valence-corrected chi connectivity index (χ0v) is 10.8. The number of rotatable bonds is 4. The zero-order valence-electron chi connectivity index (χ0n) is 10.0. The summed E-state index contributed by atoms with van der Waals surface area (Å²) >= 11 is 1.64. The molecular weight excluding hydrogens is 226 g/mol. The third-order valence-electron chi connectivity index (χ3n) is 2.99. The number of aliphatic carboxylic acids is 1. The summed E-state index contributed by atoms with van der Waals surface area (Å²) in [6.45, 7) is 5.42. The molecule has 1 aliphatic heterocycles. The molecule has 5 heteroatoms. The number of likely N-dealkylation sites (N-methyl/N-ethyl adjacent to an activating group) is 1. The lowest BCUT2D eigenvalue weighted by molar-refractivity contribution is -0.156. The fraction of sp³-hybridized carbons (Fsp3) is 0.818. The molecule has 1 unspecified atom stereocenters. The molecule has 0 aromatic rings. The van der Waals surface area contributed by atoms with Crippen LogP contribution in [0.1, 0.15) is 33.6 Å². The average molecular weight is 245 g/mol. The van der Waals surface area contributed by atoms with E-state index < -0.39 is 11.5 Å². The van der Waals surface area contributed by atoms with Gasteiger partial charge >= 0.3 is 5.97 Å². The largest absolute Gasteiger partial charge is 0.480 e. The van der Waals surface area contributed by atoms with Gasteiger partial charge in [-0.3, -0.25) is 4.79 Å². The Labute approximate surface area is 100 Å². The first-order valence-electron chi connectivity index (χ1n) is 5.57. The Balaban J connectivity index is 2.80. The fourth-order valence-electron chi connectivity index (χ4n) is 1.89. The van der Waals surface area contributed by atoms with Gasteiger partial charge in [0.2, 0.25) is 5.91 Å². The Morgan fingerprint density at radius 3 is 2.50 bits per heavy atom. The van der Waals surface area contributed by atoms with E-state index in [1.165, 1.54) is 4.90 Å². The molecule has 0 aliphatic carbocycles. The Morgan fingerprint density at radius 1 is 1.50 bits per heavy atom. The summed E-state index contributed by atoms with van der Waals surface area (Å²) in [6.07, 6.45) is 1.92. The highest BCUT2D eigenvalue weighted by atomic mass is 32.2. The quantitative estimate of drug-likeness (QED) is 0.817. The third kappa shape index (κ3) is 2.51. The SMILES string of the molecule is CCN(C(=O)C1CCCS1)C(C)(C)C(=O)O. The van der Waals surface area contributed by atoms with Crippen LogP contribution in [0.2, 0.25) is 0 Å². The molecule has 1 aliphatic rings. The van der Waals surface area contributed by atoms with Crippen LogP contribution in [-0.4, -0.2) is 45.0 Å². The molecule has 0 spiro atoms. The fourth-order valence-corrected chi connectivity index (χ4v) is 3.11. The van der Waals surface area contributed by atoms with Crippen molar-refractivity contribution in [1.82, 2.24) is 4.90 Å². The molecule has 0 bridgehead atoms. The molecular formula is C11H19NO3S. The maximum atomic E-state index is 12.2. The van der Waals surface area contributed by atoms with Gasteiger partial charge in [-0.25, -0.2) is 4.79 Å². The smallest absolute Gasteiger partial charge is 0.329 e. The summed E-state index contributed by atoms with van der Waals surface area (Å²) in [5.74, 6) is 0.0182. The maximum absolute atomic E-state index is 12.2. The molecule has 0 radical (unpaired) electrons. The van der Waals surface area contributed by atoms with Crippen LogP contribution in [0, 0.1) is 0 Å². The van der Waals surface area contributed by atoms with Crippen molar-refractivity contribution in [2.24, 2.45) is 0 Å². The van der Waals surface area contributed by atoms with E-state index in [1.807, 2.05) is 6.92 Å². The molecule has 0 aromatic heterocycles. The van der Waals surface area contributed by atoms with Gasteiger partial charge in [0.25, 0.3) is 0 Å². The van der Waals surface area contributed by atoms with E-state index in [4.69, 9.17) is 5.11 Å². The van der Waals surface area contributed by atoms with E-state index in [0.29, 0.717) is 6.54 Å². The molecule has 1 N–H and O–H groups in total. The molecule has 1 amide bonds. The Morgan fingerprint density at radius 2 is 2.12 bits per heavy atom. The summed E-state index contributed by atoms with van der Waals surface area (Å²) in [5.41, 5.74) is -1.12. The normalized spacial score (nSPS) is 20.8. The van der Waals surface area contributed by atoms with Crippen molar-refractivity contribution in [3.05, 3.63) is 0 Å². The van der Waals surface area contributed by atoms with E-state index in [1.54, 1.807) is 25.6 Å². The van der Waals surface area contributed by atoms with Crippen molar-refractivity contribution in [3.63, 3.8) is 0 Å². The molecule has 1 saturated heterocycles. The highest BCUT2D eigenvalue weighted by Gasteiger charge is 2.40. The number of amides is 1. The summed E-state index contributed by atoms with van der Waals surface area (Å²) in [6, 6.07) is 0. The highest BCUT2D eigenvalue weighted by Crippen LogP contribution is 2.29. The molecule has 92 valence electrons. The van der Waals surface area contributed by atoms with Crippen LogP contribution in [0.4, 0.5) is 0 Å². The first kappa shape index (κ1) is 13.4. The van der Waals surface area contributed by atoms with Gasteiger partial charge in [0.15, 0.2) is 0 Å². The van der Waals surface area contributed by atoms with Crippen molar-refractivity contribution < 1.29 is 14.7 Å². The lowest BCUT2D eigenvalue weighted by Gasteiger charge is -2.35. The van der Waals surface area contributed by atoms with Gasteiger partial charge in [0.05, 0.1) is 5.25 Å². The van der Waals surface area contributed by atoms with Crippen molar-refractivity contribution in [2.75, 3.05) is 12.3 Å². The third-order valence-corrected chi connectivity index (χ3v) is 4.35. The van der Waals surface area contributed by atoms with Crippen LogP contribution in [0.3, 0.4) is 0 Å². The van der Waals surface area contributed by atoms with Crippen LogP contribution < -0.4 is 0 Å². The molecule has 1 rings (SSSR count). The topological polar surface area (TPSA) is 57.6 Å². The predicted molar refractivity (Wildman–Crippen MR) is 64.6 cm³/mol. The first-order valence-corrected chi connectivity index (χ1v) is 6.62. The molecule has 0 aromatic carbocycles. The van der Waals surface area contributed by atoms with Crippen molar-refractivity contribution in [1.29, 1.82) is 0 Å². The van der Waals surface area contributed by atoms with Gasteiger partial charge < -0.3 is 10.0 Å². The lowest BCUT2D eigenvalue weighted by Crippen LogP contribution is -2.55. The molecule has 4 nitrogen and oxygen atoms in total. The standard InChI is InChI=1S/C11H19NO3S/c1-4-12(11(2,3)10(14)15)9(13)8-6-5-7-16-8/h8H,4-7H2,1-3H3,(H,14,15). The van der Waals surface area contributed by atoms with Gasteiger partial charge in [0, 0.05) is 6.54 Å². The zero-order chi connectivity index (χ0) is 12.3. The summed E-state index contributed by atoms with van der Waals surface area (Å²) in [7, 11) is 0. The van der Waals surface area contributed by atoms with Gasteiger partial charge in [-0.05, 0) is 39.4 Å². The van der Waals surface area contributed by atoms with Crippen molar-refractivity contribution >= 4 is 23.6 Å². The maximum Gasteiger partial charge on any atom is 0.329 e. The predicted octanol–water partition coefficient (Wildman–Crippen LogP) is 1.59. The minimum Gasteiger partial charge on any atom is -0.480 e. The van der Waals surface area contributed by atoms with E-state index in [0.717, 1.165) is 18.6 Å². The van der Waals surface area contributed by atoms with Crippen LogP contribution in [0.15, 0.2) is 0 Å². The van der Waals surface area contributed by atoms with Crippen LogP contribution in [-0.2, 0) is 9.59 Å². The number of carboxylic acid groups (broad SMARTS) is 1. The minimum atomic E-state index is -1.12.